The standard InChI is InChI=1S/C23H28O6/c1-5-17-15-9-7-11-19(26-13-24-3)21(15)23(28-17)22-16(18(6-2)29-23)10-8-12-20(22)27-14-25-4/h7-12,17-18H,5-6,13-14H2,1-4H3/t17-,18-,23?/m1/s1. The highest BCUT2D eigenvalue weighted by molar-refractivity contribution is 5.59. The van der Waals surface area contributed by atoms with Crippen LogP contribution >= 0.6 is 0 Å². The van der Waals surface area contributed by atoms with Crippen LogP contribution in [0.4, 0.5) is 0 Å². The van der Waals surface area contributed by atoms with Gasteiger partial charge in [0.05, 0.1) is 23.3 Å². The van der Waals surface area contributed by atoms with Crippen molar-refractivity contribution in [3.8, 4) is 11.5 Å². The van der Waals surface area contributed by atoms with Crippen LogP contribution < -0.4 is 9.47 Å². The minimum absolute atomic E-state index is 0.102. The molecule has 0 aliphatic carbocycles. The smallest absolute Gasteiger partial charge is 0.231 e. The molecule has 0 amide bonds. The summed E-state index contributed by atoms with van der Waals surface area (Å²) < 4.78 is 35.5. The molecule has 0 radical (unpaired) electrons. The highest BCUT2D eigenvalue weighted by Crippen LogP contribution is 2.61. The predicted molar refractivity (Wildman–Crippen MR) is 107 cm³/mol. The van der Waals surface area contributed by atoms with Crippen LogP contribution in [0.3, 0.4) is 0 Å². The van der Waals surface area contributed by atoms with Crippen LogP contribution in [0.15, 0.2) is 36.4 Å². The molecule has 0 N–H and O–H groups in total. The molecule has 0 saturated heterocycles. The third-order valence-corrected chi connectivity index (χ3v) is 5.49. The van der Waals surface area contributed by atoms with Crippen LogP contribution in [-0.2, 0) is 24.7 Å². The van der Waals surface area contributed by atoms with E-state index in [0.29, 0.717) is 11.5 Å². The number of hydrogen-bond donors (Lipinski definition) is 0. The first-order valence-electron chi connectivity index (χ1n) is 10.1. The van der Waals surface area contributed by atoms with Crippen molar-refractivity contribution in [1.29, 1.82) is 0 Å². The van der Waals surface area contributed by atoms with E-state index in [1.54, 1.807) is 14.2 Å². The topological polar surface area (TPSA) is 55.4 Å². The van der Waals surface area contributed by atoms with Gasteiger partial charge in [0, 0.05) is 14.2 Å². The minimum Gasteiger partial charge on any atom is -0.467 e. The Morgan fingerprint density at radius 2 is 1.21 bits per heavy atom. The summed E-state index contributed by atoms with van der Waals surface area (Å²) >= 11 is 0. The van der Waals surface area contributed by atoms with Crippen LogP contribution in [-0.4, -0.2) is 27.8 Å². The lowest BCUT2D eigenvalue weighted by molar-refractivity contribution is -0.237. The van der Waals surface area contributed by atoms with Gasteiger partial charge in [0.2, 0.25) is 5.79 Å². The van der Waals surface area contributed by atoms with Crippen molar-refractivity contribution in [2.24, 2.45) is 0 Å². The Morgan fingerprint density at radius 3 is 1.59 bits per heavy atom. The van der Waals surface area contributed by atoms with Crippen molar-refractivity contribution in [2.75, 3.05) is 27.8 Å². The molecule has 2 aromatic rings. The number of benzene rings is 2. The highest BCUT2D eigenvalue weighted by Gasteiger charge is 2.57. The molecule has 2 aliphatic rings. The van der Waals surface area contributed by atoms with E-state index in [1.807, 2.05) is 24.3 Å². The second-order valence-corrected chi connectivity index (χ2v) is 7.19. The van der Waals surface area contributed by atoms with Crippen molar-refractivity contribution in [1.82, 2.24) is 0 Å². The quantitative estimate of drug-likeness (QED) is 0.593. The average Bonchev–Trinajstić information content (AvgIpc) is 3.26. The van der Waals surface area contributed by atoms with E-state index in [4.69, 9.17) is 28.4 Å². The van der Waals surface area contributed by atoms with Crippen LogP contribution in [0.5, 0.6) is 11.5 Å². The summed E-state index contributed by atoms with van der Waals surface area (Å²) in [4.78, 5) is 0. The van der Waals surface area contributed by atoms with Crippen molar-refractivity contribution in [3.63, 3.8) is 0 Å². The largest absolute Gasteiger partial charge is 0.467 e. The summed E-state index contributed by atoms with van der Waals surface area (Å²) in [5.41, 5.74) is 3.94. The van der Waals surface area contributed by atoms with Gasteiger partial charge in [-0.2, -0.15) is 0 Å². The maximum atomic E-state index is 6.67. The van der Waals surface area contributed by atoms with E-state index >= 15 is 0 Å². The maximum absolute atomic E-state index is 6.67. The van der Waals surface area contributed by atoms with E-state index in [1.165, 1.54) is 0 Å². The molecule has 2 heterocycles. The molecule has 156 valence electrons. The SMILES string of the molecule is CC[C@H]1OC2(O[C@H](CC)c3cccc(OCOC)c32)c2c(OCOC)cccc21. The summed E-state index contributed by atoms with van der Waals surface area (Å²) in [5.74, 6) is 0.315. The first-order valence-corrected chi connectivity index (χ1v) is 10.1. The second kappa shape index (κ2) is 8.32. The van der Waals surface area contributed by atoms with Crippen molar-refractivity contribution < 1.29 is 28.4 Å². The van der Waals surface area contributed by atoms with Crippen LogP contribution in [0.25, 0.3) is 0 Å². The lowest BCUT2D eigenvalue weighted by atomic mass is 9.90. The molecule has 0 fully saturated rings. The lowest BCUT2D eigenvalue weighted by Gasteiger charge is -2.29. The zero-order valence-corrected chi connectivity index (χ0v) is 17.4. The van der Waals surface area contributed by atoms with Gasteiger partial charge in [0.15, 0.2) is 13.6 Å². The number of rotatable bonds is 8. The lowest BCUT2D eigenvalue weighted by Crippen LogP contribution is -2.28. The molecular formula is C23H28O6. The molecule has 6 heteroatoms. The zero-order valence-electron chi connectivity index (χ0n) is 17.4. The molecule has 1 spiro atoms. The van der Waals surface area contributed by atoms with E-state index in [9.17, 15) is 0 Å². The molecule has 0 aromatic heterocycles. The molecule has 6 nitrogen and oxygen atoms in total. The van der Waals surface area contributed by atoms with Gasteiger partial charge in [0.25, 0.3) is 0 Å². The monoisotopic (exact) mass is 400 g/mol. The number of ether oxygens (including phenoxy) is 6. The number of hydrogen-bond acceptors (Lipinski definition) is 6. The molecule has 4 rings (SSSR count). The number of methoxy groups -OCH3 is 2. The highest BCUT2D eigenvalue weighted by atomic mass is 16.7. The molecular weight excluding hydrogens is 372 g/mol. The van der Waals surface area contributed by atoms with Crippen molar-refractivity contribution in [2.45, 2.75) is 44.7 Å². The Hall–Kier alpha value is -2.12. The minimum atomic E-state index is -1.08. The summed E-state index contributed by atoms with van der Waals surface area (Å²) in [5, 5.41) is 0. The fourth-order valence-corrected chi connectivity index (χ4v) is 4.35. The third-order valence-electron chi connectivity index (χ3n) is 5.49. The second-order valence-electron chi connectivity index (χ2n) is 7.19. The van der Waals surface area contributed by atoms with Gasteiger partial charge in [-0.1, -0.05) is 38.1 Å². The zero-order chi connectivity index (χ0) is 20.4. The fourth-order valence-electron chi connectivity index (χ4n) is 4.35. The van der Waals surface area contributed by atoms with Crippen molar-refractivity contribution >= 4 is 0 Å². The van der Waals surface area contributed by atoms with Crippen LogP contribution in [0.1, 0.15) is 61.2 Å². The molecule has 0 unspecified atom stereocenters. The van der Waals surface area contributed by atoms with Gasteiger partial charge in [-0.05, 0) is 36.1 Å². The molecule has 0 bridgehead atoms. The third kappa shape index (κ3) is 3.20. The Morgan fingerprint density at radius 1 is 0.759 bits per heavy atom. The Bertz CT molecular complexity index is 793. The van der Waals surface area contributed by atoms with Gasteiger partial charge >= 0.3 is 0 Å². The first kappa shape index (κ1) is 20.2. The van der Waals surface area contributed by atoms with Gasteiger partial charge in [0.1, 0.15) is 11.5 Å². The predicted octanol–water partition coefficient (Wildman–Crippen LogP) is 4.82. The van der Waals surface area contributed by atoms with Crippen molar-refractivity contribution in [3.05, 3.63) is 58.7 Å². The van der Waals surface area contributed by atoms with Gasteiger partial charge < -0.3 is 28.4 Å². The molecule has 2 aromatic carbocycles. The Kier molecular flexibility index (Phi) is 5.79. The first-order chi connectivity index (χ1) is 14.2. The fraction of sp³-hybridized carbons (Fsp3) is 0.478. The molecule has 29 heavy (non-hydrogen) atoms. The van der Waals surface area contributed by atoms with E-state index in [2.05, 4.69) is 26.0 Å². The van der Waals surface area contributed by atoms with Gasteiger partial charge in [-0.15, -0.1) is 0 Å². The normalized spacial score (nSPS) is 21.2. The van der Waals surface area contributed by atoms with E-state index in [-0.39, 0.29) is 25.8 Å². The molecule has 2 atom stereocenters. The number of fused-ring (bicyclic) bond motifs is 4. The van der Waals surface area contributed by atoms with E-state index in [0.717, 1.165) is 35.1 Å². The molecule has 0 saturated carbocycles. The Balaban J connectivity index is 1.93. The van der Waals surface area contributed by atoms with E-state index < -0.39 is 5.79 Å². The summed E-state index contributed by atoms with van der Waals surface area (Å²) in [6.45, 7) is 4.51. The average molecular weight is 400 g/mol. The van der Waals surface area contributed by atoms with Crippen LogP contribution in [0, 0.1) is 0 Å². The van der Waals surface area contributed by atoms with Gasteiger partial charge in [-0.25, -0.2) is 0 Å². The summed E-state index contributed by atoms with van der Waals surface area (Å²) in [6.07, 6.45) is 1.43. The van der Waals surface area contributed by atoms with Crippen LogP contribution in [0.2, 0.25) is 0 Å². The summed E-state index contributed by atoms with van der Waals surface area (Å²) in [7, 11) is 3.21. The van der Waals surface area contributed by atoms with Gasteiger partial charge in [-0.3, -0.25) is 0 Å². The maximum Gasteiger partial charge on any atom is 0.231 e. The summed E-state index contributed by atoms with van der Waals surface area (Å²) in [6, 6.07) is 12.0. The molecule has 2 aliphatic heterocycles. The Labute approximate surface area is 171 Å².